The van der Waals surface area contributed by atoms with Crippen LogP contribution in [0.1, 0.15) is 13.8 Å². The van der Waals surface area contributed by atoms with Crippen molar-refractivity contribution in [2.45, 2.75) is 20.0 Å². The molecule has 0 bridgehead atoms. The van der Waals surface area contributed by atoms with Gasteiger partial charge in [-0.3, -0.25) is 0 Å². The molecule has 130 valence electrons. The quantitative estimate of drug-likeness (QED) is 0.557. The molecule has 0 aliphatic carbocycles. The van der Waals surface area contributed by atoms with Crippen molar-refractivity contribution in [2.24, 2.45) is 0 Å². The molecule has 1 saturated heterocycles. The minimum Gasteiger partial charge on any atom is -0.368 e. The van der Waals surface area contributed by atoms with E-state index in [2.05, 4.69) is 18.1 Å². The standard InChI is InChI=1S/C18H22F3N3/c1-5-7-15(4)23-8-10-24(11-9-23)17(14(3)13-22)12-16(6-2)18(19,20)21/h5-7,12H,3-4,8-11H2,1-2H3/b7-5-,16-6+,17-12+. The molecule has 0 N–H and O–H groups in total. The molecule has 1 heterocycles. The van der Waals surface area contributed by atoms with Crippen LogP contribution in [0.4, 0.5) is 13.2 Å². The Morgan fingerprint density at radius 1 is 1.08 bits per heavy atom. The highest BCUT2D eigenvalue weighted by Gasteiger charge is 2.32. The molecule has 0 amide bonds. The minimum atomic E-state index is -4.46. The van der Waals surface area contributed by atoms with Gasteiger partial charge in [0.05, 0.1) is 16.8 Å². The summed E-state index contributed by atoms with van der Waals surface area (Å²) in [7, 11) is 0. The van der Waals surface area contributed by atoms with E-state index in [-0.39, 0.29) is 11.3 Å². The van der Waals surface area contributed by atoms with Crippen molar-refractivity contribution in [3.63, 3.8) is 0 Å². The van der Waals surface area contributed by atoms with Crippen molar-refractivity contribution in [1.82, 2.24) is 9.80 Å². The lowest BCUT2D eigenvalue weighted by molar-refractivity contribution is -0.0884. The largest absolute Gasteiger partial charge is 0.416 e. The van der Waals surface area contributed by atoms with Gasteiger partial charge in [-0.05, 0) is 26.0 Å². The van der Waals surface area contributed by atoms with Gasteiger partial charge in [0.2, 0.25) is 0 Å². The molecule has 6 heteroatoms. The highest BCUT2D eigenvalue weighted by atomic mass is 19.4. The zero-order valence-corrected chi connectivity index (χ0v) is 14.0. The second kappa shape index (κ2) is 8.44. The van der Waals surface area contributed by atoms with E-state index in [0.717, 1.165) is 17.8 Å². The van der Waals surface area contributed by atoms with E-state index in [1.165, 1.54) is 6.92 Å². The van der Waals surface area contributed by atoms with Gasteiger partial charge in [0.25, 0.3) is 0 Å². The lowest BCUT2D eigenvalue weighted by Gasteiger charge is -2.38. The smallest absolute Gasteiger partial charge is 0.368 e. The van der Waals surface area contributed by atoms with Gasteiger partial charge in [0.15, 0.2) is 0 Å². The molecule has 3 nitrogen and oxygen atoms in total. The van der Waals surface area contributed by atoms with Crippen LogP contribution in [0.25, 0.3) is 0 Å². The summed E-state index contributed by atoms with van der Waals surface area (Å²) in [5.41, 5.74) is 0.333. The summed E-state index contributed by atoms with van der Waals surface area (Å²) >= 11 is 0. The van der Waals surface area contributed by atoms with Gasteiger partial charge >= 0.3 is 6.18 Å². The van der Waals surface area contributed by atoms with Crippen LogP contribution in [0.2, 0.25) is 0 Å². The Bertz CT molecular complexity index is 610. The third-order valence-corrected chi connectivity index (χ3v) is 3.76. The number of nitriles is 1. The molecule has 1 fully saturated rings. The van der Waals surface area contributed by atoms with Crippen LogP contribution >= 0.6 is 0 Å². The number of nitrogens with zero attached hydrogens (tertiary/aromatic N) is 3. The Kier molecular flexibility index (Phi) is 6.90. The summed E-state index contributed by atoms with van der Waals surface area (Å²) in [6.45, 7) is 13.0. The SMILES string of the molecule is C=C(C#N)/C(=C\C(=C/C)C(F)(F)F)N1CCN(C(=C)/C=C\C)CC1. The molecule has 0 aromatic rings. The van der Waals surface area contributed by atoms with Gasteiger partial charge < -0.3 is 9.80 Å². The van der Waals surface area contributed by atoms with Crippen molar-refractivity contribution >= 4 is 0 Å². The van der Waals surface area contributed by atoms with Crippen LogP contribution in [-0.2, 0) is 0 Å². The number of halogens is 3. The molecular formula is C18H22F3N3. The molecule has 24 heavy (non-hydrogen) atoms. The van der Waals surface area contributed by atoms with Crippen molar-refractivity contribution in [2.75, 3.05) is 26.2 Å². The number of piperazine rings is 1. The molecule has 0 radical (unpaired) electrons. The number of hydrogen-bond donors (Lipinski definition) is 0. The van der Waals surface area contributed by atoms with Gasteiger partial charge in [-0.25, -0.2) is 0 Å². The second-order valence-corrected chi connectivity index (χ2v) is 5.33. The molecule has 0 atom stereocenters. The van der Waals surface area contributed by atoms with Gasteiger partial charge in [-0.2, -0.15) is 18.4 Å². The number of allylic oxidation sites excluding steroid dienone is 6. The van der Waals surface area contributed by atoms with Crippen LogP contribution in [0.3, 0.4) is 0 Å². The van der Waals surface area contributed by atoms with E-state index in [1.807, 2.05) is 25.1 Å². The van der Waals surface area contributed by atoms with Crippen molar-refractivity contribution in [3.05, 3.63) is 60.0 Å². The fraction of sp³-hybridized carbons (Fsp3) is 0.389. The average Bonchev–Trinajstić information content (AvgIpc) is 2.54. The first-order valence-electron chi connectivity index (χ1n) is 7.60. The third kappa shape index (κ3) is 5.05. The first kappa shape index (κ1) is 19.6. The van der Waals surface area contributed by atoms with Crippen LogP contribution in [0.15, 0.2) is 60.0 Å². The summed E-state index contributed by atoms with van der Waals surface area (Å²) in [4.78, 5) is 3.82. The lowest BCUT2D eigenvalue weighted by Crippen LogP contribution is -2.45. The zero-order valence-electron chi connectivity index (χ0n) is 14.0. The van der Waals surface area contributed by atoms with Gasteiger partial charge in [0, 0.05) is 31.9 Å². The van der Waals surface area contributed by atoms with E-state index >= 15 is 0 Å². The number of alkyl halides is 3. The highest BCUT2D eigenvalue weighted by Crippen LogP contribution is 2.29. The van der Waals surface area contributed by atoms with Crippen LogP contribution < -0.4 is 0 Å². The van der Waals surface area contributed by atoms with E-state index in [1.54, 1.807) is 4.90 Å². The Balaban J connectivity index is 3.00. The van der Waals surface area contributed by atoms with Crippen LogP contribution in [0, 0.1) is 11.3 Å². The fourth-order valence-electron chi connectivity index (χ4n) is 2.44. The lowest BCUT2D eigenvalue weighted by atomic mass is 10.1. The molecule has 1 aliphatic heterocycles. The second-order valence-electron chi connectivity index (χ2n) is 5.33. The summed E-state index contributed by atoms with van der Waals surface area (Å²) in [5, 5.41) is 9.08. The summed E-state index contributed by atoms with van der Waals surface area (Å²) in [6.07, 6.45) is 1.32. The Labute approximate surface area is 141 Å². The maximum atomic E-state index is 13.0. The van der Waals surface area contributed by atoms with E-state index in [9.17, 15) is 13.2 Å². The van der Waals surface area contributed by atoms with E-state index in [0.29, 0.717) is 26.2 Å². The zero-order chi connectivity index (χ0) is 18.3. The maximum absolute atomic E-state index is 13.0. The molecular weight excluding hydrogens is 315 g/mol. The maximum Gasteiger partial charge on any atom is 0.416 e. The van der Waals surface area contributed by atoms with Crippen LogP contribution in [0.5, 0.6) is 0 Å². The van der Waals surface area contributed by atoms with Crippen molar-refractivity contribution < 1.29 is 13.2 Å². The van der Waals surface area contributed by atoms with E-state index < -0.39 is 11.7 Å². The molecule has 0 spiro atoms. The normalized spacial score (nSPS) is 17.2. The molecule has 0 aromatic carbocycles. The van der Waals surface area contributed by atoms with Gasteiger partial charge in [0.1, 0.15) is 6.07 Å². The highest BCUT2D eigenvalue weighted by molar-refractivity contribution is 5.43. The Morgan fingerprint density at radius 2 is 1.62 bits per heavy atom. The molecule has 0 saturated carbocycles. The first-order valence-corrected chi connectivity index (χ1v) is 7.60. The Hall–Kier alpha value is -2.42. The van der Waals surface area contributed by atoms with Crippen molar-refractivity contribution in [3.8, 4) is 6.07 Å². The molecule has 0 unspecified atom stereocenters. The monoisotopic (exact) mass is 337 g/mol. The summed E-state index contributed by atoms with van der Waals surface area (Å²) in [6, 6.07) is 1.86. The molecule has 1 aliphatic rings. The van der Waals surface area contributed by atoms with Gasteiger partial charge in [-0.15, -0.1) is 0 Å². The average molecular weight is 337 g/mol. The summed E-state index contributed by atoms with van der Waals surface area (Å²) < 4.78 is 39.0. The third-order valence-electron chi connectivity index (χ3n) is 3.76. The predicted octanol–water partition coefficient (Wildman–Crippen LogP) is 4.17. The number of hydrogen-bond acceptors (Lipinski definition) is 3. The Morgan fingerprint density at radius 3 is 2.04 bits per heavy atom. The van der Waals surface area contributed by atoms with Crippen molar-refractivity contribution in [1.29, 1.82) is 5.26 Å². The molecule has 1 rings (SSSR count). The van der Waals surface area contributed by atoms with E-state index in [4.69, 9.17) is 5.26 Å². The molecule has 0 aromatic heterocycles. The number of rotatable bonds is 5. The van der Waals surface area contributed by atoms with Gasteiger partial charge in [-0.1, -0.05) is 25.3 Å². The first-order chi connectivity index (χ1) is 11.2. The minimum absolute atomic E-state index is 0.0272. The fourth-order valence-corrected chi connectivity index (χ4v) is 2.44. The summed E-state index contributed by atoms with van der Waals surface area (Å²) in [5.74, 6) is 0. The predicted molar refractivity (Wildman–Crippen MR) is 89.7 cm³/mol. The van der Waals surface area contributed by atoms with Crippen LogP contribution in [-0.4, -0.2) is 42.2 Å². The topological polar surface area (TPSA) is 30.3 Å².